The summed E-state index contributed by atoms with van der Waals surface area (Å²) >= 11 is 0. The molecule has 38 heavy (non-hydrogen) atoms. The highest BCUT2D eigenvalue weighted by molar-refractivity contribution is 5.61. The summed E-state index contributed by atoms with van der Waals surface area (Å²) in [7, 11) is 5.15. The Labute approximate surface area is 227 Å². The third-order valence-corrected chi connectivity index (χ3v) is 7.41. The Balaban J connectivity index is 1.49. The fraction of sp³-hybridized carbons (Fsp3) is 0.600. The number of methoxy groups -OCH3 is 3. The Morgan fingerprint density at radius 2 is 1.76 bits per heavy atom. The molecule has 0 unspecified atom stereocenters. The molecule has 4 rings (SSSR count). The fourth-order valence-electron chi connectivity index (χ4n) is 5.05. The van der Waals surface area contributed by atoms with Crippen molar-refractivity contribution in [2.24, 2.45) is 0 Å². The number of hydrogen-bond donors (Lipinski definition) is 1. The molecule has 0 aliphatic carbocycles. The van der Waals surface area contributed by atoms with E-state index in [2.05, 4.69) is 40.5 Å². The molecule has 0 bridgehead atoms. The number of ether oxygens (including phenoxy) is 6. The van der Waals surface area contributed by atoms with Gasteiger partial charge in [-0.1, -0.05) is 18.2 Å². The van der Waals surface area contributed by atoms with E-state index in [1.54, 1.807) is 21.3 Å². The van der Waals surface area contributed by atoms with Crippen LogP contribution in [-0.4, -0.2) is 85.1 Å². The van der Waals surface area contributed by atoms with Crippen molar-refractivity contribution in [3.63, 3.8) is 0 Å². The fourth-order valence-corrected chi connectivity index (χ4v) is 5.05. The van der Waals surface area contributed by atoms with E-state index in [4.69, 9.17) is 28.4 Å². The van der Waals surface area contributed by atoms with E-state index >= 15 is 0 Å². The molecule has 0 amide bonds. The quantitative estimate of drug-likeness (QED) is 0.391. The lowest BCUT2D eigenvalue weighted by Crippen LogP contribution is -2.51. The molecule has 8 nitrogen and oxygen atoms in total. The highest BCUT2D eigenvalue weighted by atomic mass is 16.5. The third-order valence-electron chi connectivity index (χ3n) is 7.41. The van der Waals surface area contributed by atoms with E-state index in [1.165, 1.54) is 5.56 Å². The summed E-state index contributed by atoms with van der Waals surface area (Å²) in [6.07, 6.45) is 0.873. The summed E-state index contributed by atoms with van der Waals surface area (Å²) in [6.45, 7) is 9.87. The molecule has 3 atom stereocenters. The van der Waals surface area contributed by atoms with Crippen molar-refractivity contribution in [1.29, 1.82) is 0 Å². The van der Waals surface area contributed by atoms with Gasteiger partial charge in [0.15, 0.2) is 0 Å². The van der Waals surface area contributed by atoms with Crippen LogP contribution in [0.1, 0.15) is 37.3 Å². The van der Waals surface area contributed by atoms with Crippen LogP contribution in [0.4, 0.5) is 5.69 Å². The SMILES string of the molecule is COCCCN1CCOc2ccc(CO[C@H]3CNC[C@@H](OCC(C)(C)OC)[C@@H]3c3ccc(OC)cc3)cc21. The van der Waals surface area contributed by atoms with Crippen molar-refractivity contribution in [3.8, 4) is 11.5 Å². The van der Waals surface area contributed by atoms with E-state index in [9.17, 15) is 0 Å². The lowest BCUT2D eigenvalue weighted by molar-refractivity contribution is -0.107. The second-order valence-electron chi connectivity index (χ2n) is 10.6. The molecule has 1 N–H and O–H groups in total. The first kappa shape index (κ1) is 28.6. The normalized spacial score (nSPS) is 21.6. The molecule has 2 heterocycles. The number of anilines is 1. The molecule has 8 heteroatoms. The molecule has 1 fully saturated rings. The number of hydrogen-bond acceptors (Lipinski definition) is 8. The van der Waals surface area contributed by atoms with E-state index in [1.807, 2.05) is 26.0 Å². The predicted octanol–water partition coefficient (Wildman–Crippen LogP) is 4.01. The topological polar surface area (TPSA) is 70.7 Å². The van der Waals surface area contributed by atoms with Gasteiger partial charge in [0.25, 0.3) is 0 Å². The lowest BCUT2D eigenvalue weighted by Gasteiger charge is -2.40. The van der Waals surface area contributed by atoms with Crippen molar-refractivity contribution in [2.75, 3.05) is 72.2 Å². The van der Waals surface area contributed by atoms with Gasteiger partial charge in [0.2, 0.25) is 0 Å². The third kappa shape index (κ3) is 7.39. The largest absolute Gasteiger partial charge is 0.497 e. The number of benzene rings is 2. The molecule has 0 saturated carbocycles. The van der Waals surface area contributed by atoms with E-state index in [0.717, 1.165) is 62.0 Å². The van der Waals surface area contributed by atoms with Gasteiger partial charge >= 0.3 is 0 Å². The first-order chi connectivity index (χ1) is 18.4. The summed E-state index contributed by atoms with van der Waals surface area (Å²) in [6, 6.07) is 14.6. The van der Waals surface area contributed by atoms with Gasteiger partial charge in [0, 0.05) is 46.4 Å². The van der Waals surface area contributed by atoms with Gasteiger partial charge in [0.1, 0.15) is 18.1 Å². The van der Waals surface area contributed by atoms with Crippen LogP contribution in [0.3, 0.4) is 0 Å². The maximum atomic E-state index is 6.62. The van der Waals surface area contributed by atoms with E-state index in [0.29, 0.717) is 19.8 Å². The molecule has 2 aromatic rings. The highest BCUT2D eigenvalue weighted by Crippen LogP contribution is 2.35. The standard InChI is InChI=1S/C30H44N2O6/c1-30(2,35-5)21-38-28-19-31-18-27(29(28)23-8-10-24(34-4)11-9-23)37-20-22-7-12-26-25(17-22)32(14-16-36-26)13-6-15-33-3/h7-12,17,27-29,31H,6,13-16,18-21H2,1-5H3/t27-,28+,29+/m0/s1. The molecular formula is C30H44N2O6. The maximum absolute atomic E-state index is 6.62. The number of nitrogens with one attached hydrogen (secondary N) is 1. The highest BCUT2D eigenvalue weighted by Gasteiger charge is 2.37. The van der Waals surface area contributed by atoms with Crippen LogP contribution < -0.4 is 19.7 Å². The zero-order valence-electron chi connectivity index (χ0n) is 23.5. The Morgan fingerprint density at radius 3 is 2.47 bits per heavy atom. The van der Waals surface area contributed by atoms with E-state index in [-0.39, 0.29) is 23.7 Å². The summed E-state index contributed by atoms with van der Waals surface area (Å²) in [5.74, 6) is 1.84. The molecule has 0 aromatic heterocycles. The van der Waals surface area contributed by atoms with Crippen molar-refractivity contribution in [3.05, 3.63) is 53.6 Å². The molecule has 2 aromatic carbocycles. The Hall–Kier alpha value is -2.36. The second kappa shape index (κ2) is 13.6. The maximum Gasteiger partial charge on any atom is 0.142 e. The number of nitrogens with zero attached hydrogens (tertiary/aromatic N) is 1. The minimum Gasteiger partial charge on any atom is -0.497 e. The van der Waals surface area contributed by atoms with Gasteiger partial charge in [-0.25, -0.2) is 0 Å². The van der Waals surface area contributed by atoms with Crippen molar-refractivity contribution < 1.29 is 28.4 Å². The van der Waals surface area contributed by atoms with Crippen molar-refractivity contribution in [1.82, 2.24) is 5.32 Å². The molecular weight excluding hydrogens is 484 g/mol. The monoisotopic (exact) mass is 528 g/mol. The van der Waals surface area contributed by atoms with Gasteiger partial charge in [0.05, 0.1) is 50.4 Å². The Bertz CT molecular complexity index is 999. The van der Waals surface area contributed by atoms with Gasteiger partial charge in [-0.2, -0.15) is 0 Å². The molecule has 1 saturated heterocycles. The molecule has 0 radical (unpaired) electrons. The predicted molar refractivity (Wildman–Crippen MR) is 149 cm³/mol. The average Bonchev–Trinajstić information content (AvgIpc) is 2.95. The number of rotatable bonds is 13. The lowest BCUT2D eigenvalue weighted by atomic mass is 9.85. The summed E-state index contributed by atoms with van der Waals surface area (Å²) in [5.41, 5.74) is 3.08. The first-order valence-electron chi connectivity index (χ1n) is 13.6. The molecule has 210 valence electrons. The van der Waals surface area contributed by atoms with E-state index < -0.39 is 0 Å². The van der Waals surface area contributed by atoms with Crippen molar-refractivity contribution >= 4 is 5.69 Å². The molecule has 2 aliphatic rings. The van der Waals surface area contributed by atoms with Crippen LogP contribution in [0.25, 0.3) is 0 Å². The zero-order chi connectivity index (χ0) is 27.0. The minimum atomic E-state index is -0.363. The van der Waals surface area contributed by atoms with Gasteiger partial charge < -0.3 is 38.6 Å². The zero-order valence-corrected chi connectivity index (χ0v) is 23.5. The number of piperidine rings is 1. The van der Waals surface area contributed by atoms with Crippen LogP contribution in [0.5, 0.6) is 11.5 Å². The second-order valence-corrected chi connectivity index (χ2v) is 10.6. The molecule has 2 aliphatic heterocycles. The molecule has 0 spiro atoms. The minimum absolute atomic E-state index is 0.0511. The first-order valence-corrected chi connectivity index (χ1v) is 13.6. The van der Waals surface area contributed by atoms with Gasteiger partial charge in [-0.05, 0) is 55.7 Å². The van der Waals surface area contributed by atoms with Crippen LogP contribution in [0.2, 0.25) is 0 Å². The summed E-state index contributed by atoms with van der Waals surface area (Å²) in [5, 5.41) is 3.53. The van der Waals surface area contributed by atoms with Crippen LogP contribution in [0.15, 0.2) is 42.5 Å². The smallest absolute Gasteiger partial charge is 0.142 e. The van der Waals surface area contributed by atoms with Gasteiger partial charge in [-0.3, -0.25) is 0 Å². The van der Waals surface area contributed by atoms with Crippen LogP contribution in [0, 0.1) is 0 Å². The Kier molecular flexibility index (Phi) is 10.3. The van der Waals surface area contributed by atoms with Crippen molar-refractivity contribution in [2.45, 2.75) is 50.6 Å². The average molecular weight is 529 g/mol. The van der Waals surface area contributed by atoms with Crippen LogP contribution >= 0.6 is 0 Å². The number of fused-ring (bicyclic) bond motifs is 1. The van der Waals surface area contributed by atoms with Gasteiger partial charge in [-0.15, -0.1) is 0 Å². The summed E-state index contributed by atoms with van der Waals surface area (Å²) in [4.78, 5) is 2.38. The van der Waals surface area contributed by atoms with Crippen LogP contribution in [-0.2, 0) is 25.6 Å². The Morgan fingerprint density at radius 1 is 1.00 bits per heavy atom. The summed E-state index contributed by atoms with van der Waals surface area (Å²) < 4.78 is 35.2.